The fraction of sp³-hybridized carbons (Fsp3) is 0.625. The molecular formula is C16H25N3. The minimum absolute atomic E-state index is 0.256. The molecule has 1 aliphatic rings. The van der Waals surface area contributed by atoms with Gasteiger partial charge in [-0.2, -0.15) is 0 Å². The van der Waals surface area contributed by atoms with Crippen LogP contribution in [0.1, 0.15) is 63.6 Å². The molecule has 3 nitrogen and oxygen atoms in total. The van der Waals surface area contributed by atoms with Crippen LogP contribution >= 0.6 is 0 Å². The summed E-state index contributed by atoms with van der Waals surface area (Å²) in [5, 5.41) is 3.63. The summed E-state index contributed by atoms with van der Waals surface area (Å²) in [7, 11) is 0. The zero-order valence-electron chi connectivity index (χ0n) is 11.9. The van der Waals surface area contributed by atoms with Gasteiger partial charge in [0.05, 0.1) is 17.9 Å². The van der Waals surface area contributed by atoms with Gasteiger partial charge in [0.25, 0.3) is 0 Å². The van der Waals surface area contributed by atoms with Gasteiger partial charge >= 0.3 is 0 Å². The lowest BCUT2D eigenvalue weighted by molar-refractivity contribution is 0.531. The Bertz CT molecular complexity index is 386. The van der Waals surface area contributed by atoms with E-state index in [1.54, 1.807) is 12.4 Å². The van der Waals surface area contributed by atoms with Gasteiger partial charge in [-0.3, -0.25) is 9.97 Å². The van der Waals surface area contributed by atoms with E-state index in [4.69, 9.17) is 0 Å². The van der Waals surface area contributed by atoms with Gasteiger partial charge < -0.3 is 5.32 Å². The monoisotopic (exact) mass is 259 g/mol. The second-order valence-corrected chi connectivity index (χ2v) is 5.25. The molecule has 1 aromatic heterocycles. The Balaban J connectivity index is 2.15. The molecule has 0 spiro atoms. The lowest BCUT2D eigenvalue weighted by Crippen LogP contribution is -2.25. The van der Waals surface area contributed by atoms with Crippen molar-refractivity contribution in [3.05, 3.63) is 35.9 Å². The number of rotatable bonds is 5. The third-order valence-electron chi connectivity index (χ3n) is 3.67. The first-order valence-corrected chi connectivity index (χ1v) is 7.60. The first-order chi connectivity index (χ1) is 9.42. The van der Waals surface area contributed by atoms with Crippen molar-refractivity contribution >= 4 is 0 Å². The molecule has 1 unspecified atom stereocenters. The van der Waals surface area contributed by atoms with Gasteiger partial charge in [0.2, 0.25) is 0 Å². The average molecular weight is 259 g/mol. The molecule has 0 bridgehead atoms. The topological polar surface area (TPSA) is 37.8 Å². The van der Waals surface area contributed by atoms with Crippen LogP contribution in [0.25, 0.3) is 0 Å². The van der Waals surface area contributed by atoms with Crippen LogP contribution in [0.4, 0.5) is 0 Å². The lowest BCUT2D eigenvalue weighted by atomic mass is 9.93. The summed E-state index contributed by atoms with van der Waals surface area (Å²) < 4.78 is 0. The van der Waals surface area contributed by atoms with Crippen LogP contribution < -0.4 is 5.32 Å². The minimum atomic E-state index is 0.256. The van der Waals surface area contributed by atoms with E-state index in [0.717, 1.165) is 18.7 Å². The summed E-state index contributed by atoms with van der Waals surface area (Å²) in [5.74, 6) is 0. The molecule has 0 aliphatic heterocycles. The van der Waals surface area contributed by atoms with Gasteiger partial charge in [0.15, 0.2) is 0 Å². The molecule has 1 N–H and O–H groups in total. The van der Waals surface area contributed by atoms with Crippen LogP contribution in [0.3, 0.4) is 0 Å². The Hall–Kier alpha value is -1.22. The van der Waals surface area contributed by atoms with E-state index < -0.39 is 0 Å². The summed E-state index contributed by atoms with van der Waals surface area (Å²) in [4.78, 5) is 8.72. The fourth-order valence-corrected chi connectivity index (χ4v) is 2.65. The number of hydrogen-bond donors (Lipinski definition) is 1. The maximum absolute atomic E-state index is 4.50. The maximum Gasteiger partial charge on any atom is 0.0798 e. The largest absolute Gasteiger partial charge is 0.305 e. The summed E-state index contributed by atoms with van der Waals surface area (Å²) in [6.07, 6.45) is 16.8. The van der Waals surface area contributed by atoms with Crippen LogP contribution in [-0.4, -0.2) is 16.5 Å². The van der Waals surface area contributed by atoms with Crippen LogP contribution in [0.15, 0.2) is 30.2 Å². The van der Waals surface area contributed by atoms with Crippen molar-refractivity contribution in [3.63, 3.8) is 0 Å². The molecule has 19 heavy (non-hydrogen) atoms. The number of allylic oxidation sites excluding steroid dienone is 1. The maximum atomic E-state index is 4.50. The van der Waals surface area contributed by atoms with Gasteiger partial charge in [0.1, 0.15) is 0 Å². The van der Waals surface area contributed by atoms with Gasteiger partial charge in [-0.05, 0) is 38.6 Å². The smallest absolute Gasteiger partial charge is 0.0798 e. The molecule has 0 aromatic carbocycles. The molecule has 0 amide bonds. The average Bonchev–Trinajstić information content (AvgIpc) is 2.42. The molecule has 1 atom stereocenters. The van der Waals surface area contributed by atoms with Gasteiger partial charge in [-0.15, -0.1) is 0 Å². The predicted molar refractivity (Wildman–Crippen MR) is 78.9 cm³/mol. The van der Waals surface area contributed by atoms with E-state index in [2.05, 4.69) is 28.3 Å². The van der Waals surface area contributed by atoms with Crippen molar-refractivity contribution in [2.75, 3.05) is 6.54 Å². The van der Waals surface area contributed by atoms with E-state index >= 15 is 0 Å². The predicted octanol–water partition coefficient (Wildman–Crippen LogP) is 3.80. The highest BCUT2D eigenvalue weighted by Crippen LogP contribution is 2.27. The van der Waals surface area contributed by atoms with Crippen molar-refractivity contribution < 1.29 is 0 Å². The summed E-state index contributed by atoms with van der Waals surface area (Å²) in [5.41, 5.74) is 2.57. The van der Waals surface area contributed by atoms with Crippen molar-refractivity contribution in [2.45, 2.75) is 57.9 Å². The van der Waals surface area contributed by atoms with Crippen molar-refractivity contribution in [2.24, 2.45) is 0 Å². The Morgan fingerprint density at radius 3 is 2.89 bits per heavy atom. The molecule has 1 aromatic rings. The molecular weight excluding hydrogens is 234 g/mol. The molecule has 1 heterocycles. The second kappa shape index (κ2) is 8.05. The SMILES string of the molecule is CCCNC(/C1=C/CCCCCC1)c1cnccn1. The van der Waals surface area contributed by atoms with Gasteiger partial charge in [0, 0.05) is 12.4 Å². The van der Waals surface area contributed by atoms with Gasteiger partial charge in [-0.1, -0.05) is 31.4 Å². The summed E-state index contributed by atoms with van der Waals surface area (Å²) in [6, 6.07) is 0.256. The highest BCUT2D eigenvalue weighted by atomic mass is 14.9. The highest BCUT2D eigenvalue weighted by molar-refractivity contribution is 5.21. The quantitative estimate of drug-likeness (QED) is 0.817. The Kier molecular flexibility index (Phi) is 6.02. The van der Waals surface area contributed by atoms with E-state index in [-0.39, 0.29) is 6.04 Å². The van der Waals surface area contributed by atoms with Crippen molar-refractivity contribution in [1.82, 2.24) is 15.3 Å². The summed E-state index contributed by atoms with van der Waals surface area (Å²) in [6.45, 7) is 3.23. The molecule has 0 saturated heterocycles. The molecule has 1 aliphatic carbocycles. The Labute approximate surface area is 116 Å². The van der Waals surface area contributed by atoms with Crippen LogP contribution in [0.5, 0.6) is 0 Å². The molecule has 104 valence electrons. The molecule has 2 rings (SSSR count). The molecule has 3 heteroatoms. The molecule has 0 fully saturated rings. The summed E-state index contributed by atoms with van der Waals surface area (Å²) >= 11 is 0. The molecule has 0 saturated carbocycles. The third kappa shape index (κ3) is 4.43. The first-order valence-electron chi connectivity index (χ1n) is 7.60. The Morgan fingerprint density at radius 1 is 1.21 bits per heavy atom. The first kappa shape index (κ1) is 14.2. The van der Waals surface area contributed by atoms with Crippen molar-refractivity contribution in [3.8, 4) is 0 Å². The van der Waals surface area contributed by atoms with Crippen LogP contribution in [0.2, 0.25) is 0 Å². The highest BCUT2D eigenvalue weighted by Gasteiger charge is 2.17. The van der Waals surface area contributed by atoms with Crippen LogP contribution in [-0.2, 0) is 0 Å². The van der Waals surface area contributed by atoms with E-state index in [0.29, 0.717) is 0 Å². The second-order valence-electron chi connectivity index (χ2n) is 5.25. The zero-order valence-corrected chi connectivity index (χ0v) is 11.9. The van der Waals surface area contributed by atoms with Crippen molar-refractivity contribution in [1.29, 1.82) is 0 Å². The van der Waals surface area contributed by atoms with Gasteiger partial charge in [-0.25, -0.2) is 0 Å². The van der Waals surface area contributed by atoms with E-state index in [1.165, 1.54) is 44.1 Å². The van der Waals surface area contributed by atoms with Crippen LogP contribution in [0, 0.1) is 0 Å². The normalized spacial score (nSPS) is 21.0. The Morgan fingerprint density at radius 2 is 2.11 bits per heavy atom. The van der Waals surface area contributed by atoms with E-state index in [1.807, 2.05) is 6.20 Å². The third-order valence-corrected chi connectivity index (χ3v) is 3.67. The zero-order chi connectivity index (χ0) is 13.3. The molecule has 0 radical (unpaired) electrons. The van der Waals surface area contributed by atoms with E-state index in [9.17, 15) is 0 Å². The lowest BCUT2D eigenvalue weighted by Gasteiger charge is -2.22. The number of aromatic nitrogens is 2. The fourth-order valence-electron chi connectivity index (χ4n) is 2.65. The minimum Gasteiger partial charge on any atom is -0.305 e. The number of hydrogen-bond acceptors (Lipinski definition) is 3. The number of nitrogens with one attached hydrogen (secondary N) is 1. The standard InChI is InChI=1S/C16H25N3/c1-2-10-19-16(15-13-17-11-12-18-15)14-8-6-4-3-5-7-9-14/h8,11-13,16,19H,2-7,9-10H2,1H3/b14-8+. The number of nitrogens with zero attached hydrogens (tertiary/aromatic N) is 2.